The van der Waals surface area contributed by atoms with Crippen LogP contribution in [0.5, 0.6) is 0 Å². The zero-order valence-corrected chi connectivity index (χ0v) is 14.7. The molecule has 0 spiro atoms. The second-order valence-corrected chi connectivity index (χ2v) is 11.0. The molecular weight excluding hydrogens is 288 g/mol. The summed E-state index contributed by atoms with van der Waals surface area (Å²) in [4.78, 5) is 12.9. The smallest absolute Gasteiger partial charge is 0.190 e. The molecule has 0 saturated heterocycles. The maximum atomic E-state index is 12.9. The number of carbonyl (C=O) groups is 1. The Morgan fingerprint density at radius 1 is 0.909 bits per heavy atom. The lowest BCUT2D eigenvalue weighted by Gasteiger charge is -2.30. The third-order valence-corrected chi connectivity index (χ3v) is 4.54. The van der Waals surface area contributed by atoms with Crippen LogP contribution in [0, 0.1) is 0 Å². The van der Waals surface area contributed by atoms with Crippen LogP contribution < -0.4 is 0 Å². The first-order valence-electron chi connectivity index (χ1n) is 7.70. The minimum absolute atomic E-state index is 0.0284. The summed E-state index contributed by atoms with van der Waals surface area (Å²) >= 11 is 0. The van der Waals surface area contributed by atoms with Crippen LogP contribution in [0.15, 0.2) is 60.7 Å². The Kier molecular flexibility index (Phi) is 5.32. The van der Waals surface area contributed by atoms with Gasteiger partial charge in [0, 0.05) is 11.5 Å². The van der Waals surface area contributed by atoms with Crippen molar-refractivity contribution in [1.29, 1.82) is 0 Å². The zero-order chi connectivity index (χ0) is 16.2. The maximum absolute atomic E-state index is 12.9. The number of rotatable bonds is 6. The van der Waals surface area contributed by atoms with Gasteiger partial charge < -0.3 is 4.43 Å². The van der Waals surface area contributed by atoms with Crippen molar-refractivity contribution >= 4 is 14.1 Å². The highest BCUT2D eigenvalue weighted by atomic mass is 28.4. The second-order valence-electron chi connectivity index (χ2n) is 6.58. The predicted octanol–water partition coefficient (Wildman–Crippen LogP) is 4.89. The van der Waals surface area contributed by atoms with Crippen molar-refractivity contribution in [2.75, 3.05) is 0 Å². The summed E-state index contributed by atoms with van der Waals surface area (Å²) in [6.07, 6.45) is -0.434. The number of ketones is 1. The lowest BCUT2D eigenvalue weighted by atomic mass is 9.90. The predicted molar refractivity (Wildman–Crippen MR) is 93.8 cm³/mol. The van der Waals surface area contributed by atoms with Gasteiger partial charge >= 0.3 is 0 Å². The van der Waals surface area contributed by atoms with Gasteiger partial charge in [-0.15, -0.1) is 0 Å². The van der Waals surface area contributed by atoms with E-state index in [-0.39, 0.29) is 11.7 Å². The van der Waals surface area contributed by atoms with Crippen molar-refractivity contribution in [3.8, 4) is 0 Å². The summed E-state index contributed by atoms with van der Waals surface area (Å²) in [5, 5.41) is 0. The Balaban J connectivity index is 2.32. The van der Waals surface area contributed by atoms with E-state index in [0.29, 0.717) is 5.56 Å². The molecule has 0 fully saturated rings. The van der Waals surface area contributed by atoms with E-state index in [1.54, 1.807) is 0 Å². The van der Waals surface area contributed by atoms with Gasteiger partial charge in [-0.05, 0) is 25.2 Å². The van der Waals surface area contributed by atoms with Gasteiger partial charge in [-0.1, -0.05) is 67.6 Å². The molecule has 0 N–H and O–H groups in total. The number of hydrogen-bond acceptors (Lipinski definition) is 2. The topological polar surface area (TPSA) is 26.3 Å². The number of hydrogen-bond donors (Lipinski definition) is 0. The van der Waals surface area contributed by atoms with Gasteiger partial charge in [0.2, 0.25) is 0 Å². The van der Waals surface area contributed by atoms with E-state index in [9.17, 15) is 4.79 Å². The third kappa shape index (κ3) is 4.39. The van der Waals surface area contributed by atoms with E-state index in [0.717, 1.165) is 5.56 Å². The molecule has 0 heterocycles. The summed E-state index contributed by atoms with van der Waals surface area (Å²) in [5.41, 5.74) is 1.85. The fourth-order valence-corrected chi connectivity index (χ4v) is 3.53. The van der Waals surface area contributed by atoms with Gasteiger partial charge in [0.1, 0.15) is 6.10 Å². The van der Waals surface area contributed by atoms with E-state index in [1.165, 1.54) is 0 Å². The molecule has 0 unspecified atom stereocenters. The molecule has 0 radical (unpaired) electrons. The number of benzene rings is 2. The molecule has 2 nitrogen and oxygen atoms in total. The van der Waals surface area contributed by atoms with Gasteiger partial charge in [0.15, 0.2) is 14.1 Å². The van der Waals surface area contributed by atoms with Crippen molar-refractivity contribution in [2.24, 2.45) is 0 Å². The zero-order valence-electron chi connectivity index (χ0n) is 13.7. The largest absolute Gasteiger partial charge is 0.407 e. The quantitative estimate of drug-likeness (QED) is 0.560. The van der Waals surface area contributed by atoms with Crippen LogP contribution in [0.25, 0.3) is 0 Å². The molecular formula is C19H24O2Si. The fraction of sp³-hybridized carbons (Fsp3) is 0.316. The molecule has 0 bridgehead atoms. The average Bonchev–Trinajstić information content (AvgIpc) is 2.52. The van der Waals surface area contributed by atoms with Crippen LogP contribution in [-0.4, -0.2) is 20.2 Å². The van der Waals surface area contributed by atoms with Crippen molar-refractivity contribution < 1.29 is 9.22 Å². The van der Waals surface area contributed by atoms with Crippen LogP contribution in [0.1, 0.15) is 28.8 Å². The molecule has 0 amide bonds. The van der Waals surface area contributed by atoms with E-state index in [1.807, 2.05) is 48.5 Å². The number of Topliss-reactive ketones (excluding diaryl/α,β-unsaturated/α-hetero) is 1. The van der Waals surface area contributed by atoms with Gasteiger partial charge in [-0.2, -0.15) is 0 Å². The standard InChI is InChI=1S/C19H24O2Si/c1-15(16-11-7-5-8-12-16)19(21-22(2,3)4)18(20)17-13-9-6-10-14-17/h5-15,19H,1-4H3/t15-,19-/m0/s1. The third-order valence-electron chi connectivity index (χ3n) is 3.58. The molecule has 0 aromatic heterocycles. The highest BCUT2D eigenvalue weighted by Gasteiger charge is 2.32. The highest BCUT2D eigenvalue weighted by molar-refractivity contribution is 6.70. The molecule has 0 aliphatic rings. The maximum Gasteiger partial charge on any atom is 0.190 e. The molecule has 2 aromatic rings. The minimum atomic E-state index is -1.83. The van der Waals surface area contributed by atoms with Gasteiger partial charge in [-0.25, -0.2) is 0 Å². The van der Waals surface area contributed by atoms with E-state index in [4.69, 9.17) is 4.43 Å². The van der Waals surface area contributed by atoms with Crippen LogP contribution in [0.3, 0.4) is 0 Å². The van der Waals surface area contributed by atoms with Crippen LogP contribution >= 0.6 is 0 Å². The van der Waals surface area contributed by atoms with Crippen LogP contribution in [0.4, 0.5) is 0 Å². The first-order chi connectivity index (χ1) is 10.4. The summed E-state index contributed by atoms with van der Waals surface area (Å²) in [5.74, 6) is 0.0972. The molecule has 2 aromatic carbocycles. The average molecular weight is 312 g/mol. The first kappa shape index (κ1) is 16.7. The fourth-order valence-electron chi connectivity index (χ4n) is 2.46. The van der Waals surface area contributed by atoms with E-state index in [2.05, 4.69) is 38.7 Å². The summed E-state index contributed by atoms with van der Waals surface area (Å²) in [7, 11) is -1.83. The highest BCUT2D eigenvalue weighted by Crippen LogP contribution is 2.27. The first-order valence-corrected chi connectivity index (χ1v) is 11.1. The number of carbonyl (C=O) groups excluding carboxylic acids is 1. The second kappa shape index (κ2) is 7.03. The molecule has 2 rings (SSSR count). The molecule has 0 aliphatic carbocycles. The normalized spacial score (nSPS) is 14.4. The SMILES string of the molecule is C[C@@H](c1ccccc1)[C@H](O[Si](C)(C)C)C(=O)c1ccccc1. The summed E-state index contributed by atoms with van der Waals surface area (Å²) in [6.45, 7) is 8.43. The van der Waals surface area contributed by atoms with Crippen LogP contribution in [0.2, 0.25) is 19.6 Å². The monoisotopic (exact) mass is 312 g/mol. The van der Waals surface area contributed by atoms with Crippen molar-refractivity contribution in [3.63, 3.8) is 0 Å². The van der Waals surface area contributed by atoms with E-state index >= 15 is 0 Å². The van der Waals surface area contributed by atoms with Gasteiger partial charge in [-0.3, -0.25) is 4.79 Å². The Morgan fingerprint density at radius 3 is 1.91 bits per heavy atom. The Hall–Kier alpha value is -1.71. The lowest BCUT2D eigenvalue weighted by Crippen LogP contribution is -2.39. The van der Waals surface area contributed by atoms with Gasteiger partial charge in [0.25, 0.3) is 0 Å². The Labute approximate surface area is 134 Å². The van der Waals surface area contributed by atoms with Crippen molar-refractivity contribution in [3.05, 3.63) is 71.8 Å². The van der Waals surface area contributed by atoms with Crippen molar-refractivity contribution in [2.45, 2.75) is 38.6 Å². The molecule has 2 atom stereocenters. The van der Waals surface area contributed by atoms with Crippen molar-refractivity contribution in [1.82, 2.24) is 0 Å². The molecule has 0 aliphatic heterocycles. The molecule has 116 valence electrons. The Bertz CT molecular complexity index is 602. The molecule has 22 heavy (non-hydrogen) atoms. The van der Waals surface area contributed by atoms with Crippen LogP contribution in [-0.2, 0) is 4.43 Å². The summed E-state index contributed by atoms with van der Waals surface area (Å²) < 4.78 is 6.26. The van der Waals surface area contributed by atoms with E-state index < -0.39 is 14.4 Å². The summed E-state index contributed by atoms with van der Waals surface area (Å²) in [6, 6.07) is 19.6. The minimum Gasteiger partial charge on any atom is -0.407 e. The van der Waals surface area contributed by atoms with Gasteiger partial charge in [0.05, 0.1) is 0 Å². The molecule has 3 heteroatoms. The molecule has 0 saturated carbocycles. The Morgan fingerprint density at radius 2 is 1.41 bits per heavy atom. The lowest BCUT2D eigenvalue weighted by molar-refractivity contribution is 0.0740.